The molecule has 8 heteroatoms. The van der Waals surface area contributed by atoms with E-state index in [9.17, 15) is 9.90 Å². The first-order chi connectivity index (χ1) is 11.9. The SMILES string of the molecule is CCC(=O)N[C@]1(C)CCOC2(CCN(Cc3nnc(C)s3)CC2)[C@H]1O. The van der Waals surface area contributed by atoms with E-state index in [-0.39, 0.29) is 5.91 Å². The van der Waals surface area contributed by atoms with E-state index in [0.717, 1.165) is 42.5 Å². The molecule has 3 heterocycles. The standard InChI is InChI=1S/C17H28N4O3S/c1-4-13(22)18-16(3)7-10-24-17(15(16)23)5-8-21(9-6-17)11-14-20-19-12(2)25-14/h15,23H,4-11H2,1-3H3,(H,18,22)/t15-,16+/m0/s1. The Bertz CT molecular complexity index is 615. The van der Waals surface area contributed by atoms with Crippen LogP contribution in [0.25, 0.3) is 0 Å². The van der Waals surface area contributed by atoms with Crippen molar-refractivity contribution in [2.75, 3.05) is 19.7 Å². The minimum Gasteiger partial charge on any atom is -0.388 e. The summed E-state index contributed by atoms with van der Waals surface area (Å²) < 4.78 is 6.08. The lowest BCUT2D eigenvalue weighted by atomic mass is 9.73. The molecule has 0 radical (unpaired) electrons. The van der Waals surface area contributed by atoms with E-state index in [0.29, 0.717) is 19.4 Å². The van der Waals surface area contributed by atoms with Crippen molar-refractivity contribution in [3.8, 4) is 0 Å². The molecule has 2 atom stereocenters. The number of nitrogens with one attached hydrogen (secondary N) is 1. The zero-order valence-corrected chi connectivity index (χ0v) is 16.1. The molecular formula is C17H28N4O3S. The number of aliphatic hydroxyl groups excluding tert-OH is 1. The Morgan fingerprint density at radius 3 is 2.72 bits per heavy atom. The van der Waals surface area contributed by atoms with Crippen LogP contribution in [0.5, 0.6) is 0 Å². The van der Waals surface area contributed by atoms with Crippen molar-refractivity contribution < 1.29 is 14.6 Å². The number of hydrogen-bond donors (Lipinski definition) is 2. The number of aromatic nitrogens is 2. The van der Waals surface area contributed by atoms with Gasteiger partial charge in [-0.1, -0.05) is 6.92 Å². The van der Waals surface area contributed by atoms with Gasteiger partial charge in [0.1, 0.15) is 16.1 Å². The number of nitrogens with zero attached hydrogens (tertiary/aromatic N) is 3. The molecule has 2 saturated heterocycles. The Balaban J connectivity index is 1.63. The number of aryl methyl sites for hydroxylation is 1. The van der Waals surface area contributed by atoms with E-state index in [1.165, 1.54) is 0 Å². The molecule has 140 valence electrons. The van der Waals surface area contributed by atoms with Crippen molar-refractivity contribution in [3.63, 3.8) is 0 Å². The van der Waals surface area contributed by atoms with Crippen LogP contribution in [-0.2, 0) is 16.1 Å². The van der Waals surface area contributed by atoms with E-state index in [2.05, 4.69) is 20.4 Å². The summed E-state index contributed by atoms with van der Waals surface area (Å²) in [5.74, 6) is -0.0253. The van der Waals surface area contributed by atoms with E-state index in [4.69, 9.17) is 4.74 Å². The maximum atomic E-state index is 11.9. The van der Waals surface area contributed by atoms with Crippen LogP contribution in [0.15, 0.2) is 0 Å². The minimum atomic E-state index is -0.699. The van der Waals surface area contributed by atoms with Crippen LogP contribution in [0.1, 0.15) is 49.5 Å². The summed E-state index contributed by atoms with van der Waals surface area (Å²) in [5.41, 5.74) is -1.19. The molecule has 7 nitrogen and oxygen atoms in total. The van der Waals surface area contributed by atoms with E-state index < -0.39 is 17.2 Å². The molecule has 0 aromatic carbocycles. The van der Waals surface area contributed by atoms with Crippen molar-refractivity contribution in [1.29, 1.82) is 0 Å². The fourth-order valence-corrected chi connectivity index (χ4v) is 4.65. The first-order valence-electron chi connectivity index (χ1n) is 9.01. The third-order valence-electron chi connectivity index (χ3n) is 5.49. The Labute approximate surface area is 152 Å². The number of rotatable bonds is 4. The van der Waals surface area contributed by atoms with Crippen LogP contribution >= 0.6 is 11.3 Å². The van der Waals surface area contributed by atoms with Gasteiger partial charge in [0.25, 0.3) is 0 Å². The largest absolute Gasteiger partial charge is 0.388 e. The molecule has 1 amide bonds. The van der Waals surface area contributed by atoms with Gasteiger partial charge in [0.2, 0.25) is 5.91 Å². The Hall–Kier alpha value is -1.09. The first kappa shape index (κ1) is 18.7. The smallest absolute Gasteiger partial charge is 0.220 e. The molecule has 2 aliphatic heterocycles. The van der Waals surface area contributed by atoms with Crippen molar-refractivity contribution in [2.45, 2.75) is 70.2 Å². The molecule has 0 unspecified atom stereocenters. The van der Waals surface area contributed by atoms with Gasteiger partial charge in [0, 0.05) is 26.1 Å². The lowest BCUT2D eigenvalue weighted by molar-refractivity contribution is -0.208. The van der Waals surface area contributed by atoms with Crippen molar-refractivity contribution in [3.05, 3.63) is 10.0 Å². The highest BCUT2D eigenvalue weighted by atomic mass is 32.1. The summed E-state index contributed by atoms with van der Waals surface area (Å²) >= 11 is 1.63. The molecule has 1 aromatic heterocycles. The molecule has 2 aliphatic rings. The van der Waals surface area contributed by atoms with Gasteiger partial charge in [-0.05, 0) is 33.1 Å². The average molecular weight is 369 g/mol. The van der Waals surface area contributed by atoms with Gasteiger partial charge in [-0.15, -0.1) is 21.5 Å². The Kier molecular flexibility index (Phi) is 5.43. The zero-order chi connectivity index (χ0) is 18.1. The summed E-state index contributed by atoms with van der Waals surface area (Å²) in [5, 5.41) is 24.3. The van der Waals surface area contributed by atoms with E-state index in [1.54, 1.807) is 11.3 Å². The van der Waals surface area contributed by atoms with Crippen LogP contribution in [0.2, 0.25) is 0 Å². The van der Waals surface area contributed by atoms with Crippen LogP contribution in [0.4, 0.5) is 0 Å². The van der Waals surface area contributed by atoms with Gasteiger partial charge in [0.05, 0.1) is 17.7 Å². The third-order valence-corrected chi connectivity index (χ3v) is 6.31. The Morgan fingerprint density at radius 2 is 2.12 bits per heavy atom. The molecule has 25 heavy (non-hydrogen) atoms. The van der Waals surface area contributed by atoms with Gasteiger partial charge >= 0.3 is 0 Å². The number of carbonyl (C=O) groups excluding carboxylic acids is 1. The van der Waals surface area contributed by atoms with Crippen molar-refractivity contribution in [1.82, 2.24) is 20.4 Å². The molecule has 3 rings (SSSR count). The highest BCUT2D eigenvalue weighted by Gasteiger charge is 2.53. The van der Waals surface area contributed by atoms with E-state index in [1.807, 2.05) is 20.8 Å². The number of hydrogen-bond acceptors (Lipinski definition) is 7. The third kappa shape index (κ3) is 3.86. The first-order valence-corrected chi connectivity index (χ1v) is 9.83. The summed E-state index contributed by atoms with van der Waals surface area (Å²) in [7, 11) is 0. The lowest BCUT2D eigenvalue weighted by Gasteiger charge is -2.53. The molecule has 2 N–H and O–H groups in total. The lowest BCUT2D eigenvalue weighted by Crippen LogP contribution is -2.69. The van der Waals surface area contributed by atoms with Crippen molar-refractivity contribution in [2.24, 2.45) is 0 Å². The molecule has 0 bridgehead atoms. The summed E-state index contributed by atoms with van der Waals surface area (Å²) in [6, 6.07) is 0. The second-order valence-electron chi connectivity index (χ2n) is 7.38. The summed E-state index contributed by atoms with van der Waals surface area (Å²) in [6.07, 6.45) is 1.86. The zero-order valence-electron chi connectivity index (χ0n) is 15.2. The van der Waals surface area contributed by atoms with E-state index >= 15 is 0 Å². The van der Waals surface area contributed by atoms with Gasteiger partial charge in [-0.3, -0.25) is 9.69 Å². The second kappa shape index (κ2) is 7.26. The number of piperidine rings is 1. The van der Waals surface area contributed by atoms with Gasteiger partial charge in [-0.2, -0.15) is 0 Å². The van der Waals surface area contributed by atoms with Crippen LogP contribution in [-0.4, -0.2) is 63.1 Å². The Morgan fingerprint density at radius 1 is 1.40 bits per heavy atom. The topological polar surface area (TPSA) is 87.6 Å². The minimum absolute atomic E-state index is 0.0253. The predicted octanol–water partition coefficient (Wildman–Crippen LogP) is 1.25. The van der Waals surface area contributed by atoms with Crippen LogP contribution < -0.4 is 5.32 Å². The molecule has 1 aromatic rings. The van der Waals surface area contributed by atoms with Crippen LogP contribution in [0, 0.1) is 6.92 Å². The normalized spacial score (nSPS) is 29.7. The van der Waals surface area contributed by atoms with Gasteiger partial charge in [0.15, 0.2) is 0 Å². The number of likely N-dealkylation sites (tertiary alicyclic amines) is 1. The maximum Gasteiger partial charge on any atom is 0.220 e. The quantitative estimate of drug-likeness (QED) is 0.832. The maximum absolute atomic E-state index is 11.9. The molecule has 0 aliphatic carbocycles. The molecule has 2 fully saturated rings. The van der Waals surface area contributed by atoms with Gasteiger partial charge < -0.3 is 15.2 Å². The molecular weight excluding hydrogens is 340 g/mol. The van der Waals surface area contributed by atoms with Crippen LogP contribution in [0.3, 0.4) is 0 Å². The predicted molar refractivity (Wildman–Crippen MR) is 95.3 cm³/mol. The highest BCUT2D eigenvalue weighted by molar-refractivity contribution is 7.11. The highest BCUT2D eigenvalue weighted by Crippen LogP contribution is 2.40. The van der Waals surface area contributed by atoms with Crippen molar-refractivity contribution >= 4 is 17.2 Å². The number of aliphatic hydroxyl groups is 1. The fraction of sp³-hybridized carbons (Fsp3) is 0.824. The fourth-order valence-electron chi connectivity index (χ4n) is 3.90. The number of carbonyl (C=O) groups is 1. The summed E-state index contributed by atoms with van der Waals surface area (Å²) in [4.78, 5) is 14.2. The van der Waals surface area contributed by atoms with Gasteiger partial charge in [-0.25, -0.2) is 0 Å². The monoisotopic (exact) mass is 368 g/mol. The number of ether oxygens (including phenoxy) is 1. The average Bonchev–Trinajstić information content (AvgIpc) is 2.99. The molecule has 0 saturated carbocycles. The molecule has 1 spiro atoms. The summed E-state index contributed by atoms with van der Waals surface area (Å²) in [6.45, 7) is 8.76. The second-order valence-corrected chi connectivity index (χ2v) is 8.64. The number of amides is 1.